The van der Waals surface area contributed by atoms with E-state index >= 15 is 4.39 Å². The van der Waals surface area contributed by atoms with Crippen molar-refractivity contribution in [1.82, 2.24) is 10.6 Å². The highest BCUT2D eigenvalue weighted by atomic mass is 19.1. The van der Waals surface area contributed by atoms with Crippen molar-refractivity contribution in [1.29, 1.82) is 0 Å². The van der Waals surface area contributed by atoms with Crippen LogP contribution in [-0.4, -0.2) is 253 Å². The van der Waals surface area contributed by atoms with Crippen LogP contribution >= 0.6 is 0 Å². The molecule has 0 unspecified atom stereocenters. The van der Waals surface area contributed by atoms with Gasteiger partial charge in [0.05, 0.1) is 104 Å². The Bertz CT molecular complexity index is 1640. The number of nitrogens with two attached hydrogens (primary N) is 13. The van der Waals surface area contributed by atoms with E-state index < -0.39 is 184 Å². The molecular formula is C44H90FN15O16. The number of carbonyl (C=O) groups excluding carboxylic acids is 2. The van der Waals surface area contributed by atoms with Crippen LogP contribution in [0.2, 0.25) is 0 Å². The normalized spacial score (nSPS) is 44.9. The minimum absolute atomic E-state index is 0.0122. The van der Waals surface area contributed by atoms with E-state index in [1.807, 2.05) is 0 Å². The zero-order valence-electron chi connectivity index (χ0n) is 42.7. The van der Waals surface area contributed by atoms with Gasteiger partial charge in [0, 0.05) is 25.2 Å². The first-order chi connectivity index (χ1) is 36.0. The smallest absolute Gasteiger partial charge is 0.249 e. The molecule has 2 aliphatic carbocycles. The molecule has 32 heteroatoms. The zero-order chi connectivity index (χ0) is 56.3. The molecule has 0 aromatic heterocycles. The highest BCUT2D eigenvalue weighted by Crippen LogP contribution is 2.34. The highest BCUT2D eigenvalue weighted by Gasteiger charge is 2.53. The van der Waals surface area contributed by atoms with Crippen LogP contribution in [0.3, 0.4) is 0 Å². The Kier molecular flexibility index (Phi) is 25.5. The molecule has 6 fully saturated rings. The predicted octanol–water partition coefficient (Wildman–Crippen LogP) is -11.9. The van der Waals surface area contributed by atoms with E-state index in [4.69, 9.17) is 112 Å². The molecule has 0 aromatic carbocycles. The molecule has 0 spiro atoms. The SMILES string of the molecule is NCC[C@H](O)C(=O)N[C@@H]1C[C@H](N)[C@@H](O[C@H]2O[C@H](CN)CC[C@H]2N)[C@@H](F)[C@H]1O[C@H]1O[C@H](CO)[C@@H](O)[C@H](N)[C@H]1N.NCC[C@H](O)C(=O)N[C@@H]1C[C@H](N)[C@@H](O[C@H]2O[C@H](CN)CC[C@H]2N)[C@@H](N)[C@H]1O[C@H]1O[C@H](CO)[C@@H](O)[C@H](N)[C@H]1N. The summed E-state index contributed by atoms with van der Waals surface area (Å²) in [6.45, 7) is -0.421. The van der Waals surface area contributed by atoms with E-state index in [0.29, 0.717) is 32.2 Å². The summed E-state index contributed by atoms with van der Waals surface area (Å²) in [6, 6.07) is -9.46. The first-order valence-corrected chi connectivity index (χ1v) is 26.1. The molecule has 2 saturated carbocycles. The maximum atomic E-state index is 16.2. The van der Waals surface area contributed by atoms with Crippen LogP contribution in [-0.2, 0) is 47.5 Å². The summed E-state index contributed by atoms with van der Waals surface area (Å²) in [4.78, 5) is 25.2. The molecule has 6 rings (SSSR count). The third-order valence-electron chi connectivity index (χ3n) is 14.9. The van der Waals surface area contributed by atoms with E-state index in [1.165, 1.54) is 0 Å². The van der Waals surface area contributed by atoms with Gasteiger partial charge in [0.25, 0.3) is 0 Å². The number of alkyl halides is 1. The second-order valence-corrected chi connectivity index (χ2v) is 20.6. The number of halogens is 1. The van der Waals surface area contributed by atoms with Gasteiger partial charge >= 0.3 is 0 Å². The Balaban J connectivity index is 0.000000281. The predicted molar refractivity (Wildman–Crippen MR) is 266 cm³/mol. The van der Waals surface area contributed by atoms with Gasteiger partial charge < -0.3 is 154 Å². The number of aliphatic hydroxyl groups is 6. The molecular weight excluding hydrogens is 1010 g/mol. The van der Waals surface area contributed by atoms with Gasteiger partial charge in [-0.1, -0.05) is 0 Å². The standard InChI is InChI=1S/C22H44FN7O8.C22H46N8O8/c23-14-18(37-21-9(26)2-1-8(6-25)35-21)10(27)5-11(30-20(34)12(32)3-4-24)19(14)38-22-16(29)15(28)17(33)13(7-31)36-22;23-4-3-12(32)20(34)30-11-5-10(26)18(37-21-9(25)2-1-8(6-24)35-21)16(29)19(11)38-22-15(28)14(27)17(33)13(7-31)36-22/h8-19,21-22,31-33H,1-7,24-29H2,(H,30,34);8-19,21-22,31-33H,1-7,23-29H2,(H,30,34)/t2*8-,9+,10-,11+,12-,13+,14+,15+,16+,17+,18+,19-,21+,22+/m00/s1. The molecule has 4 heterocycles. The van der Waals surface area contributed by atoms with Crippen molar-refractivity contribution < 1.29 is 82.5 Å². The average molecular weight is 1100 g/mol. The van der Waals surface area contributed by atoms with Crippen molar-refractivity contribution in [3.63, 3.8) is 0 Å². The highest BCUT2D eigenvalue weighted by molar-refractivity contribution is 5.81. The first kappa shape index (κ1) is 64.6. The van der Waals surface area contributed by atoms with Crippen LogP contribution in [0.4, 0.5) is 4.39 Å². The molecule has 0 radical (unpaired) electrons. The molecule has 6 aliphatic rings. The van der Waals surface area contributed by atoms with Crippen LogP contribution in [0.5, 0.6) is 0 Å². The second-order valence-electron chi connectivity index (χ2n) is 20.6. The van der Waals surface area contributed by atoms with E-state index in [0.717, 1.165) is 0 Å². The first-order valence-electron chi connectivity index (χ1n) is 26.1. The second kappa shape index (κ2) is 30.0. The molecule has 444 valence electrons. The Hall–Kier alpha value is -2.21. The van der Waals surface area contributed by atoms with E-state index in [1.54, 1.807) is 0 Å². The lowest BCUT2D eigenvalue weighted by Gasteiger charge is -2.49. The molecule has 34 N–H and O–H groups in total. The van der Waals surface area contributed by atoms with Crippen LogP contribution in [0.25, 0.3) is 0 Å². The summed E-state index contributed by atoms with van der Waals surface area (Å²) < 4.78 is 63.4. The van der Waals surface area contributed by atoms with E-state index in [2.05, 4.69) is 10.6 Å². The summed E-state index contributed by atoms with van der Waals surface area (Å²) >= 11 is 0. The number of hydrogen-bond acceptors (Lipinski definition) is 29. The molecule has 0 bridgehead atoms. The van der Waals surface area contributed by atoms with Gasteiger partial charge in [-0.25, -0.2) is 4.39 Å². The van der Waals surface area contributed by atoms with Crippen LogP contribution in [0, 0.1) is 0 Å². The topological polar surface area (TPSA) is 592 Å². The number of aliphatic hydroxyl groups excluding tert-OH is 6. The third kappa shape index (κ3) is 16.0. The Morgan fingerprint density at radius 1 is 0.513 bits per heavy atom. The van der Waals surface area contributed by atoms with Gasteiger partial charge in [-0.2, -0.15) is 0 Å². The average Bonchev–Trinajstić information content (AvgIpc) is 3.39. The molecule has 4 saturated heterocycles. The number of rotatable bonds is 20. The third-order valence-corrected chi connectivity index (χ3v) is 14.9. The minimum Gasteiger partial charge on any atom is -0.394 e. The largest absolute Gasteiger partial charge is 0.394 e. The van der Waals surface area contributed by atoms with Gasteiger partial charge in [-0.15, -0.1) is 0 Å². The molecule has 2 amide bonds. The summed E-state index contributed by atoms with van der Waals surface area (Å²) in [5.41, 5.74) is 78.4. The summed E-state index contributed by atoms with van der Waals surface area (Å²) in [5, 5.41) is 65.1. The fourth-order valence-electron chi connectivity index (χ4n) is 10.2. The lowest BCUT2D eigenvalue weighted by atomic mass is 9.82. The monoisotopic (exact) mass is 1100 g/mol. The quantitative estimate of drug-likeness (QED) is 0.0538. The summed E-state index contributed by atoms with van der Waals surface area (Å²) in [6.07, 6.45) is -16.1. The number of hydrogen-bond donors (Lipinski definition) is 21. The maximum absolute atomic E-state index is 16.2. The van der Waals surface area contributed by atoms with Gasteiger partial charge in [-0.3, -0.25) is 9.59 Å². The maximum Gasteiger partial charge on any atom is 0.249 e. The van der Waals surface area contributed by atoms with Gasteiger partial charge in [0.15, 0.2) is 31.3 Å². The fraction of sp³-hybridized carbons (Fsp3) is 0.955. The summed E-state index contributed by atoms with van der Waals surface area (Å²) in [5.74, 6) is -1.46. The Morgan fingerprint density at radius 3 is 1.30 bits per heavy atom. The van der Waals surface area contributed by atoms with Crippen molar-refractivity contribution >= 4 is 11.8 Å². The van der Waals surface area contributed by atoms with Gasteiger partial charge in [-0.05, 0) is 64.5 Å². The van der Waals surface area contributed by atoms with Crippen molar-refractivity contribution in [3.8, 4) is 0 Å². The van der Waals surface area contributed by atoms with Crippen LogP contribution in [0.15, 0.2) is 0 Å². The van der Waals surface area contributed by atoms with Crippen molar-refractivity contribution in [2.75, 3.05) is 39.4 Å². The number of ether oxygens (including phenoxy) is 8. The van der Waals surface area contributed by atoms with E-state index in [9.17, 15) is 40.2 Å². The van der Waals surface area contributed by atoms with Crippen molar-refractivity contribution in [3.05, 3.63) is 0 Å². The number of amides is 2. The van der Waals surface area contributed by atoms with Crippen LogP contribution < -0.4 is 85.2 Å². The molecule has 76 heavy (non-hydrogen) atoms. The fourth-order valence-corrected chi connectivity index (χ4v) is 10.2. The van der Waals surface area contributed by atoms with Crippen molar-refractivity contribution in [2.45, 2.75) is 222 Å². The molecule has 4 aliphatic heterocycles. The van der Waals surface area contributed by atoms with Gasteiger partial charge in [0.2, 0.25) is 11.8 Å². The zero-order valence-corrected chi connectivity index (χ0v) is 42.7. The Morgan fingerprint density at radius 2 is 0.895 bits per heavy atom. The molecule has 0 aromatic rings. The van der Waals surface area contributed by atoms with Gasteiger partial charge in [0.1, 0.15) is 36.6 Å². The minimum atomic E-state index is -1.95. The van der Waals surface area contributed by atoms with E-state index in [-0.39, 0.29) is 57.5 Å². The van der Waals surface area contributed by atoms with Crippen LogP contribution in [0.1, 0.15) is 51.4 Å². The molecule has 28 atom stereocenters. The lowest BCUT2D eigenvalue weighted by molar-refractivity contribution is -0.287. The number of nitrogens with one attached hydrogen (secondary N) is 2. The Labute approximate surface area is 440 Å². The lowest BCUT2D eigenvalue weighted by Crippen LogP contribution is -2.71. The summed E-state index contributed by atoms with van der Waals surface area (Å²) in [7, 11) is 0. The molecule has 31 nitrogen and oxygen atoms in total. The number of carbonyl (C=O) groups is 2. The van der Waals surface area contributed by atoms with Crippen molar-refractivity contribution in [2.24, 2.45) is 74.5 Å².